The van der Waals surface area contributed by atoms with E-state index in [-0.39, 0.29) is 37.3 Å². The maximum absolute atomic E-state index is 12.5. The van der Waals surface area contributed by atoms with Crippen LogP contribution in [-0.4, -0.2) is 72.8 Å². The first kappa shape index (κ1) is 21.4. The Hall–Kier alpha value is -2.90. The smallest absolute Gasteiger partial charge is 0.340 e. The molecular weight excluding hydrogens is 362 g/mol. The van der Waals surface area contributed by atoms with Crippen molar-refractivity contribution in [2.24, 2.45) is 0 Å². The topological polar surface area (TPSA) is 87.2 Å². The van der Waals surface area contributed by atoms with Crippen molar-refractivity contribution in [2.45, 2.75) is 27.2 Å². The molecule has 0 unspecified atom stereocenters. The first-order chi connectivity index (χ1) is 13.3. The average Bonchev–Trinajstić information content (AvgIpc) is 2.68. The van der Waals surface area contributed by atoms with Gasteiger partial charge in [0.25, 0.3) is 0 Å². The number of carbonyl (C=O) groups excluding carboxylic acids is 4. The summed E-state index contributed by atoms with van der Waals surface area (Å²) in [6.07, 6.45) is 0.136. The van der Waals surface area contributed by atoms with Gasteiger partial charge in [-0.15, -0.1) is 0 Å². The van der Waals surface area contributed by atoms with Gasteiger partial charge in [-0.3, -0.25) is 14.4 Å². The van der Waals surface area contributed by atoms with Gasteiger partial charge in [0.15, 0.2) is 0 Å². The van der Waals surface area contributed by atoms with Crippen LogP contribution in [0.3, 0.4) is 0 Å². The van der Waals surface area contributed by atoms with Crippen LogP contribution in [0.1, 0.15) is 37.6 Å². The number of ether oxygens (including phenoxy) is 1. The quantitative estimate of drug-likeness (QED) is 0.685. The number of hydrogen-bond donors (Lipinski definition) is 0. The number of piperazine rings is 1. The summed E-state index contributed by atoms with van der Waals surface area (Å²) < 4.78 is 5.06. The third-order valence-corrected chi connectivity index (χ3v) is 4.70. The zero-order valence-corrected chi connectivity index (χ0v) is 16.6. The molecule has 0 atom stereocenters. The van der Waals surface area contributed by atoms with Crippen LogP contribution in [0.2, 0.25) is 0 Å². The van der Waals surface area contributed by atoms with Crippen LogP contribution in [0.15, 0.2) is 24.3 Å². The number of rotatable bonds is 6. The van der Waals surface area contributed by atoms with Crippen molar-refractivity contribution in [2.75, 3.05) is 44.2 Å². The van der Waals surface area contributed by atoms with E-state index in [4.69, 9.17) is 4.74 Å². The van der Waals surface area contributed by atoms with E-state index >= 15 is 0 Å². The lowest BCUT2D eigenvalue weighted by atomic mass is 10.1. The molecule has 1 aliphatic heterocycles. The average molecular weight is 389 g/mol. The number of para-hydroxylation sites is 1. The van der Waals surface area contributed by atoms with Crippen molar-refractivity contribution in [1.29, 1.82) is 0 Å². The van der Waals surface area contributed by atoms with Gasteiger partial charge in [-0.2, -0.15) is 0 Å². The van der Waals surface area contributed by atoms with E-state index in [0.717, 1.165) is 0 Å². The van der Waals surface area contributed by atoms with E-state index in [2.05, 4.69) is 0 Å². The first-order valence-electron chi connectivity index (χ1n) is 9.42. The van der Waals surface area contributed by atoms with E-state index in [1.54, 1.807) is 41.0 Å². The second-order valence-corrected chi connectivity index (χ2v) is 6.55. The molecule has 1 fully saturated rings. The number of benzene rings is 1. The van der Waals surface area contributed by atoms with E-state index in [9.17, 15) is 19.2 Å². The number of anilines is 1. The Morgan fingerprint density at radius 2 is 1.61 bits per heavy atom. The molecule has 0 aromatic heterocycles. The Bertz CT molecular complexity index is 741. The molecule has 8 heteroatoms. The summed E-state index contributed by atoms with van der Waals surface area (Å²) in [4.78, 5) is 53.2. The minimum Gasteiger partial charge on any atom is -0.462 e. The zero-order valence-electron chi connectivity index (χ0n) is 16.6. The number of esters is 1. The lowest BCUT2D eigenvalue weighted by Crippen LogP contribution is -2.50. The molecule has 1 aromatic carbocycles. The first-order valence-corrected chi connectivity index (χ1v) is 9.42. The second-order valence-electron chi connectivity index (χ2n) is 6.55. The summed E-state index contributed by atoms with van der Waals surface area (Å²) >= 11 is 0. The predicted octanol–water partition coefficient (Wildman–Crippen LogP) is 1.30. The maximum atomic E-state index is 12.5. The highest BCUT2D eigenvalue weighted by Gasteiger charge is 2.25. The van der Waals surface area contributed by atoms with Crippen LogP contribution < -0.4 is 4.90 Å². The van der Waals surface area contributed by atoms with Crippen LogP contribution in [0.5, 0.6) is 0 Å². The Kier molecular flexibility index (Phi) is 7.54. The van der Waals surface area contributed by atoms with Crippen LogP contribution in [0.4, 0.5) is 5.69 Å². The fourth-order valence-corrected chi connectivity index (χ4v) is 3.17. The van der Waals surface area contributed by atoms with Gasteiger partial charge in [-0.1, -0.05) is 12.1 Å². The van der Waals surface area contributed by atoms with Gasteiger partial charge < -0.3 is 19.4 Å². The van der Waals surface area contributed by atoms with Crippen molar-refractivity contribution < 1.29 is 23.9 Å². The molecule has 0 spiro atoms. The molecule has 0 radical (unpaired) electrons. The molecule has 2 rings (SSSR count). The monoisotopic (exact) mass is 389 g/mol. The molecular formula is C20H27N3O5. The summed E-state index contributed by atoms with van der Waals surface area (Å²) in [6, 6.07) is 6.71. The fourth-order valence-electron chi connectivity index (χ4n) is 3.17. The zero-order chi connectivity index (χ0) is 20.7. The van der Waals surface area contributed by atoms with Crippen LogP contribution in [0.25, 0.3) is 0 Å². The Morgan fingerprint density at radius 1 is 1.00 bits per heavy atom. The summed E-state index contributed by atoms with van der Waals surface area (Å²) in [7, 11) is 0. The number of hydrogen-bond acceptors (Lipinski definition) is 5. The summed E-state index contributed by atoms with van der Waals surface area (Å²) in [5.41, 5.74) is 0.727. The SMILES string of the molecule is CCOC(=O)c1ccccc1N(CCC(=O)N1CCN(C(C)=O)CC1)C(C)=O. The Balaban J connectivity index is 2.05. The van der Waals surface area contributed by atoms with Gasteiger partial charge in [0, 0.05) is 53.0 Å². The van der Waals surface area contributed by atoms with Gasteiger partial charge in [0.2, 0.25) is 17.7 Å². The van der Waals surface area contributed by atoms with E-state index < -0.39 is 5.97 Å². The molecule has 1 aromatic rings. The summed E-state index contributed by atoms with van der Waals surface area (Å²) in [6.45, 7) is 7.03. The number of carbonyl (C=O) groups is 4. The lowest BCUT2D eigenvalue weighted by molar-refractivity contribution is -0.138. The van der Waals surface area contributed by atoms with E-state index in [0.29, 0.717) is 37.4 Å². The van der Waals surface area contributed by atoms with Crippen molar-refractivity contribution >= 4 is 29.4 Å². The van der Waals surface area contributed by atoms with E-state index in [1.807, 2.05) is 0 Å². The number of amides is 3. The molecule has 1 saturated heterocycles. The molecule has 28 heavy (non-hydrogen) atoms. The van der Waals surface area contributed by atoms with Crippen molar-refractivity contribution in [3.8, 4) is 0 Å². The lowest BCUT2D eigenvalue weighted by Gasteiger charge is -2.34. The van der Waals surface area contributed by atoms with Crippen LogP contribution in [-0.2, 0) is 19.1 Å². The predicted molar refractivity (Wildman–Crippen MR) is 104 cm³/mol. The van der Waals surface area contributed by atoms with Gasteiger partial charge >= 0.3 is 5.97 Å². The van der Waals surface area contributed by atoms with Gasteiger partial charge in [-0.25, -0.2) is 4.79 Å². The van der Waals surface area contributed by atoms with Crippen LogP contribution >= 0.6 is 0 Å². The molecule has 152 valence electrons. The van der Waals surface area contributed by atoms with Crippen molar-refractivity contribution in [3.05, 3.63) is 29.8 Å². The molecule has 1 heterocycles. The molecule has 3 amide bonds. The Morgan fingerprint density at radius 3 is 2.18 bits per heavy atom. The second kappa shape index (κ2) is 9.87. The molecule has 8 nitrogen and oxygen atoms in total. The minimum absolute atomic E-state index is 0.00502. The molecule has 0 saturated carbocycles. The van der Waals surface area contributed by atoms with Crippen LogP contribution in [0, 0.1) is 0 Å². The van der Waals surface area contributed by atoms with Crippen molar-refractivity contribution in [1.82, 2.24) is 9.80 Å². The maximum Gasteiger partial charge on any atom is 0.340 e. The standard InChI is InChI=1S/C20H27N3O5/c1-4-28-20(27)17-7-5-6-8-18(17)23(16(3)25)10-9-19(26)22-13-11-21(12-14-22)15(2)24/h5-8H,4,9-14H2,1-3H3. The minimum atomic E-state index is -0.504. The molecule has 0 bridgehead atoms. The summed E-state index contributed by atoms with van der Waals surface area (Å²) in [5, 5.41) is 0. The molecule has 0 aliphatic carbocycles. The van der Waals surface area contributed by atoms with Gasteiger partial charge in [-0.05, 0) is 19.1 Å². The normalized spacial score (nSPS) is 13.8. The number of nitrogens with zero attached hydrogens (tertiary/aromatic N) is 3. The molecule has 1 aliphatic rings. The third-order valence-electron chi connectivity index (χ3n) is 4.70. The van der Waals surface area contributed by atoms with Gasteiger partial charge in [0.05, 0.1) is 17.9 Å². The molecule has 0 N–H and O–H groups in total. The highest BCUT2D eigenvalue weighted by atomic mass is 16.5. The van der Waals surface area contributed by atoms with Gasteiger partial charge in [0.1, 0.15) is 0 Å². The highest BCUT2D eigenvalue weighted by Crippen LogP contribution is 2.22. The fraction of sp³-hybridized carbons (Fsp3) is 0.500. The van der Waals surface area contributed by atoms with Crippen molar-refractivity contribution in [3.63, 3.8) is 0 Å². The largest absolute Gasteiger partial charge is 0.462 e. The Labute approximate surface area is 165 Å². The van der Waals surface area contributed by atoms with E-state index in [1.165, 1.54) is 18.7 Å². The summed E-state index contributed by atoms with van der Waals surface area (Å²) in [5.74, 6) is -0.838. The highest BCUT2D eigenvalue weighted by molar-refractivity contribution is 6.02. The third kappa shape index (κ3) is 5.31.